The lowest BCUT2D eigenvalue weighted by Gasteiger charge is -2.13. The van der Waals surface area contributed by atoms with Crippen molar-refractivity contribution in [3.8, 4) is 22.9 Å². The Morgan fingerprint density at radius 1 is 1.00 bits per heavy atom. The molecule has 5 nitrogen and oxygen atoms in total. The number of nitrogens with two attached hydrogens (primary N) is 1. The second-order valence-corrected chi connectivity index (χ2v) is 4.87. The van der Waals surface area contributed by atoms with E-state index in [2.05, 4.69) is 23.8 Å². The normalized spacial score (nSPS) is 10.8. The van der Waals surface area contributed by atoms with Gasteiger partial charge in [-0.25, -0.2) is 9.97 Å². The zero-order valence-corrected chi connectivity index (χ0v) is 12.4. The highest BCUT2D eigenvalue weighted by Gasteiger charge is 2.13. The average molecular weight is 287 g/mol. The lowest BCUT2D eigenvalue weighted by atomic mass is 10.0. The van der Waals surface area contributed by atoms with Gasteiger partial charge in [0.1, 0.15) is 0 Å². The molecule has 0 aliphatic rings. The summed E-state index contributed by atoms with van der Waals surface area (Å²) in [6, 6.07) is 4.62. The van der Waals surface area contributed by atoms with E-state index in [0.717, 1.165) is 36.2 Å². The molecule has 0 aliphatic heterocycles. The molecule has 5 heteroatoms. The van der Waals surface area contributed by atoms with Gasteiger partial charge >= 0.3 is 0 Å². The van der Waals surface area contributed by atoms with Crippen LogP contribution in [0.3, 0.4) is 0 Å². The number of hydrogen-bond acceptors (Lipinski definition) is 5. The van der Waals surface area contributed by atoms with E-state index in [9.17, 15) is 10.2 Å². The number of rotatable bonds is 5. The van der Waals surface area contributed by atoms with Gasteiger partial charge in [-0.3, -0.25) is 0 Å². The molecule has 0 radical (unpaired) electrons. The van der Waals surface area contributed by atoms with Gasteiger partial charge in [-0.15, -0.1) is 0 Å². The fourth-order valence-electron chi connectivity index (χ4n) is 2.39. The second kappa shape index (κ2) is 6.54. The minimum Gasteiger partial charge on any atom is -0.504 e. The first-order valence-electron chi connectivity index (χ1n) is 7.21. The zero-order valence-electron chi connectivity index (χ0n) is 12.4. The number of phenolic OH excluding ortho intramolecular Hbond substituents is 2. The van der Waals surface area contributed by atoms with Crippen molar-refractivity contribution in [2.24, 2.45) is 5.73 Å². The quantitative estimate of drug-likeness (QED) is 0.733. The molecule has 4 N–H and O–H groups in total. The molecule has 0 aliphatic carbocycles. The predicted molar refractivity (Wildman–Crippen MR) is 82.3 cm³/mol. The Bertz CT molecular complexity index is 616. The van der Waals surface area contributed by atoms with E-state index >= 15 is 0 Å². The Morgan fingerprint density at radius 2 is 1.62 bits per heavy atom. The van der Waals surface area contributed by atoms with E-state index in [4.69, 9.17) is 5.73 Å². The molecule has 0 saturated heterocycles. The largest absolute Gasteiger partial charge is 0.504 e. The fourth-order valence-corrected chi connectivity index (χ4v) is 2.39. The first-order valence-corrected chi connectivity index (χ1v) is 7.21. The van der Waals surface area contributed by atoms with Crippen molar-refractivity contribution in [3.05, 3.63) is 35.2 Å². The van der Waals surface area contributed by atoms with Crippen LogP contribution in [0.4, 0.5) is 0 Å². The Labute approximate surface area is 124 Å². The Balaban J connectivity index is 2.56. The number of aromatic hydroxyl groups is 2. The van der Waals surface area contributed by atoms with Crippen LogP contribution < -0.4 is 5.73 Å². The third-order valence-corrected chi connectivity index (χ3v) is 3.48. The van der Waals surface area contributed by atoms with Gasteiger partial charge in [0.2, 0.25) is 0 Å². The Morgan fingerprint density at radius 3 is 2.10 bits per heavy atom. The van der Waals surface area contributed by atoms with Crippen molar-refractivity contribution in [3.63, 3.8) is 0 Å². The highest BCUT2D eigenvalue weighted by Crippen LogP contribution is 2.29. The summed E-state index contributed by atoms with van der Waals surface area (Å²) in [5.41, 5.74) is 9.49. The summed E-state index contributed by atoms with van der Waals surface area (Å²) in [6.07, 6.45) is 2.39. The van der Waals surface area contributed by atoms with Gasteiger partial charge in [0.05, 0.1) is 0 Å². The molecule has 0 bridgehead atoms. The SMILES string of the molecule is CCc1nc(-c2ccc(O)c(O)c2)nc(CC)c1CCN. The van der Waals surface area contributed by atoms with E-state index in [0.29, 0.717) is 17.9 Å². The van der Waals surface area contributed by atoms with Crippen molar-refractivity contribution in [1.29, 1.82) is 0 Å². The third-order valence-electron chi connectivity index (χ3n) is 3.48. The van der Waals surface area contributed by atoms with Gasteiger partial charge in [-0.2, -0.15) is 0 Å². The minimum atomic E-state index is -0.168. The maximum Gasteiger partial charge on any atom is 0.159 e. The number of aryl methyl sites for hydroxylation is 2. The Hall–Kier alpha value is -2.14. The lowest BCUT2D eigenvalue weighted by molar-refractivity contribution is 0.404. The molecule has 0 saturated carbocycles. The predicted octanol–water partition coefficient (Wildman–Crippen LogP) is 2.18. The Kier molecular flexibility index (Phi) is 4.75. The van der Waals surface area contributed by atoms with E-state index in [1.165, 1.54) is 12.1 Å². The van der Waals surface area contributed by atoms with Gasteiger partial charge in [0.25, 0.3) is 0 Å². The van der Waals surface area contributed by atoms with Crippen LogP contribution in [0.25, 0.3) is 11.4 Å². The number of nitrogens with zero attached hydrogens (tertiary/aromatic N) is 2. The lowest BCUT2D eigenvalue weighted by Crippen LogP contribution is -2.12. The van der Waals surface area contributed by atoms with Gasteiger partial charge in [-0.1, -0.05) is 13.8 Å². The fraction of sp³-hybridized carbons (Fsp3) is 0.375. The van der Waals surface area contributed by atoms with Gasteiger partial charge < -0.3 is 15.9 Å². The summed E-state index contributed by atoms with van der Waals surface area (Å²) < 4.78 is 0. The van der Waals surface area contributed by atoms with Gasteiger partial charge in [0.15, 0.2) is 17.3 Å². The topological polar surface area (TPSA) is 92.3 Å². The molecule has 1 aromatic carbocycles. The van der Waals surface area contributed by atoms with Crippen molar-refractivity contribution in [1.82, 2.24) is 9.97 Å². The van der Waals surface area contributed by atoms with Crippen molar-refractivity contribution >= 4 is 0 Å². The molecular formula is C16H21N3O2. The number of aromatic nitrogens is 2. The molecule has 21 heavy (non-hydrogen) atoms. The molecule has 1 aromatic heterocycles. The smallest absolute Gasteiger partial charge is 0.159 e. The summed E-state index contributed by atoms with van der Waals surface area (Å²) in [7, 11) is 0. The highest BCUT2D eigenvalue weighted by atomic mass is 16.3. The number of hydrogen-bond donors (Lipinski definition) is 3. The maximum absolute atomic E-state index is 9.63. The number of benzene rings is 1. The molecule has 112 valence electrons. The van der Waals surface area contributed by atoms with Crippen LogP contribution in [0.1, 0.15) is 30.8 Å². The molecule has 0 fully saturated rings. The van der Waals surface area contributed by atoms with Gasteiger partial charge in [-0.05, 0) is 49.6 Å². The van der Waals surface area contributed by atoms with Crippen LogP contribution in [-0.2, 0) is 19.3 Å². The molecule has 0 amide bonds. The van der Waals surface area contributed by atoms with Crippen LogP contribution in [0.15, 0.2) is 18.2 Å². The van der Waals surface area contributed by atoms with Crippen LogP contribution in [0.5, 0.6) is 11.5 Å². The van der Waals surface area contributed by atoms with E-state index in [-0.39, 0.29) is 11.5 Å². The highest BCUT2D eigenvalue weighted by molar-refractivity contribution is 5.61. The van der Waals surface area contributed by atoms with Crippen LogP contribution in [0, 0.1) is 0 Å². The third kappa shape index (κ3) is 3.13. The maximum atomic E-state index is 9.63. The summed E-state index contributed by atoms with van der Waals surface area (Å²) in [4.78, 5) is 9.20. The average Bonchev–Trinajstić information content (AvgIpc) is 2.50. The van der Waals surface area contributed by atoms with Crippen LogP contribution in [-0.4, -0.2) is 26.7 Å². The van der Waals surface area contributed by atoms with Crippen molar-refractivity contribution in [2.75, 3.05) is 6.54 Å². The summed E-state index contributed by atoms with van der Waals surface area (Å²) >= 11 is 0. The second-order valence-electron chi connectivity index (χ2n) is 4.87. The van der Waals surface area contributed by atoms with Crippen molar-refractivity contribution in [2.45, 2.75) is 33.1 Å². The molecule has 0 atom stereocenters. The first kappa shape index (κ1) is 15.3. The van der Waals surface area contributed by atoms with E-state index < -0.39 is 0 Å². The summed E-state index contributed by atoms with van der Waals surface area (Å²) in [5, 5.41) is 19.0. The van der Waals surface area contributed by atoms with E-state index in [1.807, 2.05) is 0 Å². The van der Waals surface area contributed by atoms with Crippen LogP contribution in [0.2, 0.25) is 0 Å². The van der Waals surface area contributed by atoms with E-state index in [1.54, 1.807) is 6.07 Å². The molecular weight excluding hydrogens is 266 g/mol. The zero-order chi connectivity index (χ0) is 15.4. The number of phenols is 2. The monoisotopic (exact) mass is 287 g/mol. The first-order chi connectivity index (χ1) is 10.1. The molecule has 0 spiro atoms. The summed E-state index contributed by atoms with van der Waals surface area (Å²) in [5.74, 6) is 0.253. The summed E-state index contributed by atoms with van der Waals surface area (Å²) in [6.45, 7) is 4.68. The molecule has 2 aromatic rings. The standard InChI is InChI=1S/C16H21N3O2/c1-3-12-11(7-8-17)13(4-2)19-16(18-12)10-5-6-14(20)15(21)9-10/h5-6,9,20-21H,3-4,7-8,17H2,1-2H3. The minimum absolute atomic E-state index is 0.148. The van der Waals surface area contributed by atoms with Crippen molar-refractivity contribution < 1.29 is 10.2 Å². The molecule has 2 rings (SSSR count). The molecule has 1 heterocycles. The van der Waals surface area contributed by atoms with Gasteiger partial charge in [0, 0.05) is 17.0 Å². The van der Waals surface area contributed by atoms with Crippen LogP contribution >= 0.6 is 0 Å². The molecule has 0 unspecified atom stereocenters.